The van der Waals surface area contributed by atoms with Gasteiger partial charge in [-0.05, 0) is 46.8 Å². The maximum Gasteiger partial charge on any atom is 0.222 e. The molecule has 0 aliphatic rings. The van der Waals surface area contributed by atoms with E-state index in [0.29, 0.717) is 12.5 Å². The van der Waals surface area contributed by atoms with Crippen LogP contribution in [0.15, 0.2) is 0 Å². The third-order valence-electron chi connectivity index (χ3n) is 3.55. The van der Waals surface area contributed by atoms with Crippen molar-refractivity contribution in [3.05, 3.63) is 0 Å². The Morgan fingerprint density at radius 2 is 1.52 bits per heavy atom. The number of amides is 1. The van der Waals surface area contributed by atoms with Crippen LogP contribution < -0.4 is 0 Å². The molecule has 0 saturated heterocycles. The number of unbranched alkanes of at least 4 members (excludes halogenated alkanes) is 2. The van der Waals surface area contributed by atoms with Crippen molar-refractivity contribution in [3.63, 3.8) is 0 Å². The monoisotopic (exact) mass is 300 g/mol. The Bertz CT molecular complexity index is 237. The Kier molecular flexibility index (Phi) is 15.5. The van der Waals surface area contributed by atoms with Crippen molar-refractivity contribution in [2.24, 2.45) is 5.92 Å². The summed E-state index contributed by atoms with van der Waals surface area (Å²) in [6.07, 6.45) is 7.21. The molecule has 0 atom stereocenters. The van der Waals surface area contributed by atoms with Crippen LogP contribution in [0.1, 0.15) is 73.1 Å². The first kappa shape index (κ1) is 22.7. The highest BCUT2D eigenvalue weighted by molar-refractivity contribution is 5.76. The first-order valence-corrected chi connectivity index (χ1v) is 8.62. The maximum absolute atomic E-state index is 11.5. The van der Waals surface area contributed by atoms with Crippen LogP contribution >= 0.6 is 0 Å². The molecule has 21 heavy (non-hydrogen) atoms. The van der Waals surface area contributed by atoms with E-state index in [9.17, 15) is 4.79 Å². The van der Waals surface area contributed by atoms with Gasteiger partial charge in [-0.3, -0.25) is 4.79 Å². The molecule has 0 aromatic heterocycles. The molecule has 0 aliphatic heterocycles. The van der Waals surface area contributed by atoms with Crippen LogP contribution in [0.2, 0.25) is 0 Å². The van der Waals surface area contributed by atoms with E-state index in [0.717, 1.165) is 18.9 Å². The molecule has 3 nitrogen and oxygen atoms in total. The average molecular weight is 301 g/mol. The molecule has 0 fully saturated rings. The lowest BCUT2D eigenvalue weighted by molar-refractivity contribution is -0.131. The summed E-state index contributed by atoms with van der Waals surface area (Å²) >= 11 is 0. The molecule has 0 heterocycles. The summed E-state index contributed by atoms with van der Waals surface area (Å²) in [7, 11) is 5.91. The van der Waals surface area contributed by atoms with Gasteiger partial charge in [-0.1, -0.05) is 46.5 Å². The molecular formula is C18H40N2O. The van der Waals surface area contributed by atoms with E-state index >= 15 is 0 Å². The van der Waals surface area contributed by atoms with Gasteiger partial charge in [-0.25, -0.2) is 0 Å². The van der Waals surface area contributed by atoms with Gasteiger partial charge in [-0.15, -0.1) is 0 Å². The van der Waals surface area contributed by atoms with E-state index in [1.54, 1.807) is 4.90 Å². The van der Waals surface area contributed by atoms with Crippen LogP contribution in [0, 0.1) is 5.92 Å². The average Bonchev–Trinajstić information content (AvgIpc) is 2.37. The van der Waals surface area contributed by atoms with E-state index in [1.807, 2.05) is 35.0 Å². The van der Waals surface area contributed by atoms with Crippen molar-refractivity contribution in [1.29, 1.82) is 0 Å². The smallest absolute Gasteiger partial charge is 0.222 e. The molecular weight excluding hydrogens is 260 g/mol. The van der Waals surface area contributed by atoms with Gasteiger partial charge in [0.25, 0.3) is 0 Å². The summed E-state index contributed by atoms with van der Waals surface area (Å²) in [6, 6.07) is 0.312. The molecule has 0 bridgehead atoms. The van der Waals surface area contributed by atoms with Gasteiger partial charge in [0, 0.05) is 19.5 Å². The summed E-state index contributed by atoms with van der Waals surface area (Å²) in [4.78, 5) is 15.4. The fourth-order valence-corrected chi connectivity index (χ4v) is 1.81. The van der Waals surface area contributed by atoms with E-state index < -0.39 is 0 Å². The summed E-state index contributed by atoms with van der Waals surface area (Å²) in [5, 5.41) is 0. The van der Waals surface area contributed by atoms with Gasteiger partial charge in [0.2, 0.25) is 5.91 Å². The zero-order chi connectivity index (χ0) is 16.8. The fraction of sp³-hybridized carbons (Fsp3) is 0.944. The molecule has 0 aromatic carbocycles. The Balaban J connectivity index is 0. The van der Waals surface area contributed by atoms with Crippen molar-refractivity contribution >= 4 is 5.91 Å². The molecule has 1 amide bonds. The van der Waals surface area contributed by atoms with Gasteiger partial charge in [0.1, 0.15) is 0 Å². The number of carbonyl (C=O) groups excluding carboxylic acids is 1. The first-order valence-electron chi connectivity index (χ1n) is 8.62. The second-order valence-corrected chi connectivity index (χ2v) is 6.89. The van der Waals surface area contributed by atoms with E-state index in [-0.39, 0.29) is 5.91 Å². The minimum absolute atomic E-state index is 0.247. The largest absolute Gasteiger partial charge is 0.343 e. The standard InChI is InChI=1S/C10H22N2O.C8H18/c1-9(2)12(5)10(13)7-6-8-11(3)4;1-4-5-6-7-8(2)3/h9H,6-8H2,1-5H3;8H,4-7H2,1-3H3. The molecule has 128 valence electrons. The number of rotatable bonds is 9. The van der Waals surface area contributed by atoms with Crippen molar-refractivity contribution in [3.8, 4) is 0 Å². The van der Waals surface area contributed by atoms with Crippen LogP contribution in [0.5, 0.6) is 0 Å². The second-order valence-electron chi connectivity index (χ2n) is 6.89. The molecule has 0 N–H and O–H groups in total. The van der Waals surface area contributed by atoms with Crippen LogP contribution in [0.25, 0.3) is 0 Å². The Morgan fingerprint density at radius 3 is 1.90 bits per heavy atom. The van der Waals surface area contributed by atoms with Gasteiger partial charge < -0.3 is 9.80 Å². The van der Waals surface area contributed by atoms with Crippen molar-refractivity contribution in [2.45, 2.75) is 79.2 Å². The van der Waals surface area contributed by atoms with Crippen LogP contribution in [-0.4, -0.2) is 49.4 Å². The molecule has 0 rings (SSSR count). The Morgan fingerprint density at radius 1 is 0.952 bits per heavy atom. The summed E-state index contributed by atoms with van der Waals surface area (Å²) in [6.45, 7) is 11.9. The predicted octanol–water partition coefficient (Wildman–Crippen LogP) is 4.42. The van der Waals surface area contributed by atoms with Crippen LogP contribution in [0.4, 0.5) is 0 Å². The molecule has 0 saturated carbocycles. The van der Waals surface area contributed by atoms with Crippen molar-refractivity contribution in [1.82, 2.24) is 9.80 Å². The maximum atomic E-state index is 11.5. The second kappa shape index (κ2) is 14.4. The minimum Gasteiger partial charge on any atom is -0.343 e. The van der Waals surface area contributed by atoms with E-state index in [4.69, 9.17) is 0 Å². The van der Waals surface area contributed by atoms with Crippen molar-refractivity contribution < 1.29 is 4.79 Å². The number of nitrogens with zero attached hydrogens (tertiary/aromatic N) is 2. The van der Waals surface area contributed by atoms with E-state index in [1.165, 1.54) is 25.7 Å². The lowest BCUT2D eigenvalue weighted by Gasteiger charge is -2.21. The predicted molar refractivity (Wildman–Crippen MR) is 94.7 cm³/mol. The van der Waals surface area contributed by atoms with Gasteiger partial charge in [0.15, 0.2) is 0 Å². The van der Waals surface area contributed by atoms with E-state index in [2.05, 4.69) is 25.7 Å². The Hall–Kier alpha value is -0.570. The quantitative estimate of drug-likeness (QED) is 0.589. The normalized spacial score (nSPS) is 10.8. The van der Waals surface area contributed by atoms with Gasteiger partial charge >= 0.3 is 0 Å². The first-order chi connectivity index (χ1) is 9.72. The van der Waals surface area contributed by atoms with Gasteiger partial charge in [0.05, 0.1) is 0 Å². The summed E-state index contributed by atoms with van der Waals surface area (Å²) < 4.78 is 0. The molecule has 0 radical (unpaired) electrons. The SMILES string of the molecule is CC(C)N(C)C(=O)CCCN(C)C.CCCCCC(C)C. The third kappa shape index (κ3) is 17.4. The Labute approximate surface area is 134 Å². The molecule has 3 heteroatoms. The molecule has 0 unspecified atom stereocenters. The summed E-state index contributed by atoms with van der Waals surface area (Å²) in [5.41, 5.74) is 0. The number of hydrogen-bond acceptors (Lipinski definition) is 2. The zero-order valence-electron chi connectivity index (χ0n) is 15.9. The highest BCUT2D eigenvalue weighted by Crippen LogP contribution is 2.06. The minimum atomic E-state index is 0.247. The number of hydrogen-bond donors (Lipinski definition) is 0. The van der Waals surface area contributed by atoms with Crippen LogP contribution in [-0.2, 0) is 4.79 Å². The highest BCUT2D eigenvalue weighted by atomic mass is 16.2. The third-order valence-corrected chi connectivity index (χ3v) is 3.55. The van der Waals surface area contributed by atoms with Gasteiger partial charge in [-0.2, -0.15) is 0 Å². The lowest BCUT2D eigenvalue weighted by atomic mass is 10.1. The summed E-state index contributed by atoms with van der Waals surface area (Å²) in [5.74, 6) is 1.15. The molecule has 0 aromatic rings. The van der Waals surface area contributed by atoms with Crippen LogP contribution in [0.3, 0.4) is 0 Å². The zero-order valence-corrected chi connectivity index (χ0v) is 15.9. The fourth-order valence-electron chi connectivity index (χ4n) is 1.81. The van der Waals surface area contributed by atoms with Crippen molar-refractivity contribution in [2.75, 3.05) is 27.7 Å². The highest BCUT2D eigenvalue weighted by Gasteiger charge is 2.10. The lowest BCUT2D eigenvalue weighted by Crippen LogP contribution is -2.33. The number of carbonyl (C=O) groups is 1. The molecule has 0 aliphatic carbocycles. The topological polar surface area (TPSA) is 23.6 Å². The molecule has 0 spiro atoms.